The number of hydrogen-bond donors (Lipinski definition) is 1. The van der Waals surface area contributed by atoms with Gasteiger partial charge in [0.05, 0.1) is 12.5 Å². The molecular weight excluding hydrogens is 192 g/mol. The van der Waals surface area contributed by atoms with E-state index in [9.17, 15) is 0 Å². The van der Waals surface area contributed by atoms with Crippen LogP contribution in [0.2, 0.25) is 0 Å². The average molecular weight is 208 g/mol. The molecule has 0 aliphatic rings. The van der Waals surface area contributed by atoms with Crippen LogP contribution >= 0.6 is 11.3 Å². The first-order valence-corrected chi connectivity index (χ1v) is 5.87. The molecule has 1 aromatic heterocycles. The van der Waals surface area contributed by atoms with Gasteiger partial charge in [-0.15, -0.1) is 0 Å². The quantitative estimate of drug-likeness (QED) is 0.807. The summed E-state index contributed by atoms with van der Waals surface area (Å²) in [6.07, 6.45) is 1.59. The Morgan fingerprint density at radius 1 is 1.64 bits per heavy atom. The monoisotopic (exact) mass is 208 g/mol. The molecule has 0 bridgehead atoms. The summed E-state index contributed by atoms with van der Waals surface area (Å²) in [7, 11) is 0. The van der Waals surface area contributed by atoms with Crippen LogP contribution in [-0.4, -0.2) is 6.04 Å². The Kier molecular flexibility index (Phi) is 4.64. The van der Waals surface area contributed by atoms with Gasteiger partial charge in [-0.05, 0) is 35.7 Å². The minimum Gasteiger partial charge on any atom is -0.306 e. The van der Waals surface area contributed by atoms with Crippen molar-refractivity contribution in [2.75, 3.05) is 0 Å². The molecule has 2 nitrogen and oxygen atoms in total. The standard InChI is InChI=1S/C11H16N2S/c1-3-11(4-6-12)13-9(2)10-5-7-14-8-10/h5,7-9,11,13H,3-4H2,1-2H3. The minimum atomic E-state index is 0.315. The number of nitriles is 1. The Balaban J connectivity index is 2.47. The Morgan fingerprint density at radius 2 is 2.43 bits per heavy atom. The van der Waals surface area contributed by atoms with Crippen LogP contribution in [-0.2, 0) is 0 Å². The summed E-state index contributed by atoms with van der Waals surface area (Å²) < 4.78 is 0. The second-order valence-corrected chi connectivity index (χ2v) is 4.19. The number of rotatable bonds is 5. The number of hydrogen-bond acceptors (Lipinski definition) is 3. The van der Waals surface area contributed by atoms with E-state index >= 15 is 0 Å². The Morgan fingerprint density at radius 3 is 2.93 bits per heavy atom. The zero-order valence-electron chi connectivity index (χ0n) is 8.66. The molecule has 1 heterocycles. The van der Waals surface area contributed by atoms with Gasteiger partial charge in [-0.25, -0.2) is 0 Å². The molecule has 0 spiro atoms. The molecule has 0 aliphatic carbocycles. The first-order chi connectivity index (χ1) is 6.77. The van der Waals surface area contributed by atoms with Crippen LogP contribution in [0, 0.1) is 11.3 Å². The van der Waals surface area contributed by atoms with Crippen molar-refractivity contribution in [3.05, 3.63) is 22.4 Å². The summed E-state index contributed by atoms with van der Waals surface area (Å²) in [5.74, 6) is 0. The van der Waals surface area contributed by atoms with Gasteiger partial charge in [-0.3, -0.25) is 0 Å². The third-order valence-electron chi connectivity index (χ3n) is 2.36. The van der Waals surface area contributed by atoms with Crippen LogP contribution < -0.4 is 5.32 Å². The molecule has 1 N–H and O–H groups in total. The Bertz CT molecular complexity index is 287. The van der Waals surface area contributed by atoms with E-state index in [1.54, 1.807) is 11.3 Å². The Hall–Kier alpha value is -0.850. The van der Waals surface area contributed by atoms with Gasteiger partial charge in [0, 0.05) is 12.1 Å². The fourth-order valence-corrected chi connectivity index (χ4v) is 2.16. The van der Waals surface area contributed by atoms with Crippen molar-refractivity contribution in [1.82, 2.24) is 5.32 Å². The largest absolute Gasteiger partial charge is 0.306 e. The first-order valence-electron chi connectivity index (χ1n) is 4.93. The lowest BCUT2D eigenvalue weighted by Gasteiger charge is -2.19. The van der Waals surface area contributed by atoms with E-state index in [0.29, 0.717) is 18.5 Å². The topological polar surface area (TPSA) is 35.8 Å². The molecule has 2 unspecified atom stereocenters. The fraction of sp³-hybridized carbons (Fsp3) is 0.545. The van der Waals surface area contributed by atoms with Crippen LogP contribution in [0.4, 0.5) is 0 Å². The van der Waals surface area contributed by atoms with Crippen LogP contribution in [0.25, 0.3) is 0 Å². The summed E-state index contributed by atoms with van der Waals surface area (Å²) in [5, 5.41) is 16.3. The van der Waals surface area contributed by atoms with Gasteiger partial charge >= 0.3 is 0 Å². The molecule has 0 aromatic carbocycles. The molecule has 0 aliphatic heterocycles. The highest BCUT2D eigenvalue weighted by Crippen LogP contribution is 2.17. The van der Waals surface area contributed by atoms with Gasteiger partial charge in [0.2, 0.25) is 0 Å². The number of nitrogens with zero attached hydrogens (tertiary/aromatic N) is 1. The SMILES string of the molecule is CCC(CC#N)NC(C)c1ccsc1. The summed E-state index contributed by atoms with van der Waals surface area (Å²) in [4.78, 5) is 0. The van der Waals surface area contributed by atoms with Crippen molar-refractivity contribution in [3.63, 3.8) is 0 Å². The number of nitrogens with one attached hydrogen (secondary N) is 1. The highest BCUT2D eigenvalue weighted by Gasteiger charge is 2.11. The minimum absolute atomic E-state index is 0.315. The third-order valence-corrected chi connectivity index (χ3v) is 3.06. The van der Waals surface area contributed by atoms with E-state index in [1.807, 2.05) is 0 Å². The van der Waals surface area contributed by atoms with Crippen LogP contribution in [0.5, 0.6) is 0 Å². The lowest BCUT2D eigenvalue weighted by Crippen LogP contribution is -2.30. The molecule has 0 amide bonds. The molecule has 0 radical (unpaired) electrons. The molecule has 1 rings (SSSR count). The van der Waals surface area contributed by atoms with E-state index in [0.717, 1.165) is 6.42 Å². The molecule has 1 aromatic rings. The predicted molar refractivity (Wildman–Crippen MR) is 60.2 cm³/mol. The highest BCUT2D eigenvalue weighted by atomic mass is 32.1. The summed E-state index contributed by atoms with van der Waals surface area (Å²) in [5.41, 5.74) is 1.31. The van der Waals surface area contributed by atoms with Crippen molar-refractivity contribution in [3.8, 4) is 6.07 Å². The first kappa shape index (κ1) is 11.2. The third kappa shape index (κ3) is 3.13. The van der Waals surface area contributed by atoms with Gasteiger partial charge in [0.1, 0.15) is 0 Å². The average Bonchev–Trinajstić information content (AvgIpc) is 2.69. The Labute approximate surface area is 89.6 Å². The molecular formula is C11H16N2S. The molecule has 14 heavy (non-hydrogen) atoms. The molecule has 0 fully saturated rings. The zero-order valence-corrected chi connectivity index (χ0v) is 9.47. The maximum atomic E-state index is 8.62. The van der Waals surface area contributed by atoms with Gasteiger partial charge in [0.25, 0.3) is 0 Å². The van der Waals surface area contributed by atoms with E-state index < -0.39 is 0 Å². The second-order valence-electron chi connectivity index (χ2n) is 3.41. The predicted octanol–water partition coefficient (Wildman–Crippen LogP) is 3.09. The van der Waals surface area contributed by atoms with Crippen molar-refractivity contribution in [1.29, 1.82) is 5.26 Å². The lowest BCUT2D eigenvalue weighted by molar-refractivity contribution is 0.448. The number of thiophene rings is 1. The van der Waals surface area contributed by atoms with Crippen molar-refractivity contribution >= 4 is 11.3 Å². The van der Waals surface area contributed by atoms with Gasteiger partial charge in [-0.2, -0.15) is 16.6 Å². The maximum absolute atomic E-state index is 8.62. The molecule has 0 saturated carbocycles. The van der Waals surface area contributed by atoms with Gasteiger partial charge < -0.3 is 5.32 Å². The second kappa shape index (κ2) is 5.79. The molecule has 2 atom stereocenters. The summed E-state index contributed by atoms with van der Waals surface area (Å²) >= 11 is 1.71. The van der Waals surface area contributed by atoms with Crippen molar-refractivity contribution in [2.24, 2.45) is 0 Å². The maximum Gasteiger partial charge on any atom is 0.0638 e. The lowest BCUT2D eigenvalue weighted by atomic mass is 10.1. The van der Waals surface area contributed by atoms with Crippen molar-refractivity contribution < 1.29 is 0 Å². The van der Waals surface area contributed by atoms with Crippen LogP contribution in [0.1, 0.15) is 38.3 Å². The zero-order chi connectivity index (χ0) is 10.4. The van der Waals surface area contributed by atoms with E-state index in [4.69, 9.17) is 5.26 Å². The van der Waals surface area contributed by atoms with Gasteiger partial charge in [0.15, 0.2) is 0 Å². The smallest absolute Gasteiger partial charge is 0.0638 e. The summed E-state index contributed by atoms with van der Waals surface area (Å²) in [6, 6.07) is 5.00. The van der Waals surface area contributed by atoms with E-state index in [-0.39, 0.29) is 0 Å². The summed E-state index contributed by atoms with van der Waals surface area (Å²) in [6.45, 7) is 4.25. The van der Waals surface area contributed by atoms with Crippen LogP contribution in [0.3, 0.4) is 0 Å². The molecule has 3 heteroatoms. The fourth-order valence-electron chi connectivity index (χ4n) is 1.40. The molecule has 0 saturated heterocycles. The highest BCUT2D eigenvalue weighted by molar-refractivity contribution is 7.07. The molecule has 76 valence electrons. The van der Waals surface area contributed by atoms with Crippen LogP contribution in [0.15, 0.2) is 16.8 Å². The van der Waals surface area contributed by atoms with Crippen molar-refractivity contribution in [2.45, 2.75) is 38.8 Å². The van der Waals surface area contributed by atoms with Gasteiger partial charge in [-0.1, -0.05) is 6.92 Å². The van der Waals surface area contributed by atoms with E-state index in [2.05, 4.69) is 42.1 Å². The van der Waals surface area contributed by atoms with E-state index in [1.165, 1.54) is 5.56 Å². The normalized spacial score (nSPS) is 14.6.